The molecular formula is C26H20N2O. The molecule has 0 aliphatic carbocycles. The maximum atomic E-state index is 6.24. The third-order valence-electron chi connectivity index (χ3n) is 5.09. The van der Waals surface area contributed by atoms with Crippen molar-refractivity contribution in [1.82, 2.24) is 4.98 Å². The van der Waals surface area contributed by atoms with Crippen LogP contribution in [0.1, 0.15) is 5.56 Å². The Hall–Kier alpha value is -3.85. The third-order valence-corrected chi connectivity index (χ3v) is 5.09. The molecule has 0 aliphatic heterocycles. The molecule has 1 aromatic heterocycles. The Kier molecular flexibility index (Phi) is 4.34. The highest BCUT2D eigenvalue weighted by atomic mass is 16.4. The summed E-state index contributed by atoms with van der Waals surface area (Å²) < 4.78 is 6.24. The van der Waals surface area contributed by atoms with E-state index in [9.17, 15) is 0 Å². The van der Waals surface area contributed by atoms with Gasteiger partial charge in [0, 0.05) is 16.8 Å². The lowest BCUT2D eigenvalue weighted by Gasteiger charge is -2.09. The third kappa shape index (κ3) is 3.27. The van der Waals surface area contributed by atoms with Crippen molar-refractivity contribution in [2.45, 2.75) is 6.92 Å². The molecule has 4 aromatic carbocycles. The highest BCUT2D eigenvalue weighted by Gasteiger charge is 2.19. The van der Waals surface area contributed by atoms with Crippen molar-refractivity contribution < 1.29 is 4.42 Å². The van der Waals surface area contributed by atoms with Crippen molar-refractivity contribution in [1.29, 1.82) is 0 Å². The minimum Gasteiger partial charge on any atom is -0.420 e. The first kappa shape index (κ1) is 17.3. The van der Waals surface area contributed by atoms with Gasteiger partial charge in [-0.2, -0.15) is 0 Å². The number of aromatic nitrogens is 1. The van der Waals surface area contributed by atoms with Crippen molar-refractivity contribution in [2.24, 2.45) is 0 Å². The summed E-state index contributed by atoms with van der Waals surface area (Å²) in [6.45, 7) is 2.08. The van der Waals surface area contributed by atoms with E-state index in [2.05, 4.69) is 60.8 Å². The summed E-state index contributed by atoms with van der Waals surface area (Å²) in [5, 5.41) is 5.79. The van der Waals surface area contributed by atoms with Crippen LogP contribution in [0.5, 0.6) is 0 Å². The van der Waals surface area contributed by atoms with E-state index in [1.54, 1.807) is 0 Å². The molecule has 1 heterocycles. The Morgan fingerprint density at radius 1 is 0.724 bits per heavy atom. The van der Waals surface area contributed by atoms with E-state index in [1.165, 1.54) is 5.39 Å². The monoisotopic (exact) mass is 376 g/mol. The van der Waals surface area contributed by atoms with E-state index in [-0.39, 0.29) is 0 Å². The zero-order valence-corrected chi connectivity index (χ0v) is 16.1. The Balaban J connectivity index is 1.71. The fraction of sp³-hybridized carbons (Fsp3) is 0.0385. The molecule has 0 spiro atoms. The van der Waals surface area contributed by atoms with Crippen molar-refractivity contribution in [3.63, 3.8) is 0 Å². The van der Waals surface area contributed by atoms with Gasteiger partial charge in [-0.25, -0.2) is 4.98 Å². The van der Waals surface area contributed by atoms with Crippen LogP contribution in [-0.4, -0.2) is 4.98 Å². The predicted molar refractivity (Wildman–Crippen MR) is 119 cm³/mol. The number of fused-ring (bicyclic) bond motifs is 1. The first-order valence-corrected chi connectivity index (χ1v) is 9.66. The smallest absolute Gasteiger partial charge is 0.229 e. The van der Waals surface area contributed by atoms with Crippen molar-refractivity contribution in [2.75, 3.05) is 5.32 Å². The zero-order valence-electron chi connectivity index (χ0n) is 16.1. The van der Waals surface area contributed by atoms with Crippen LogP contribution >= 0.6 is 0 Å². The lowest BCUT2D eigenvalue weighted by atomic mass is 10.0. The van der Waals surface area contributed by atoms with Crippen molar-refractivity contribution in [3.8, 4) is 22.7 Å². The maximum Gasteiger partial charge on any atom is 0.229 e. The number of aryl methyl sites for hydroxylation is 1. The summed E-state index contributed by atoms with van der Waals surface area (Å²) in [6.07, 6.45) is 0. The Morgan fingerprint density at radius 3 is 2.31 bits per heavy atom. The lowest BCUT2D eigenvalue weighted by Crippen LogP contribution is -1.94. The second-order valence-electron chi connectivity index (χ2n) is 7.03. The van der Waals surface area contributed by atoms with Gasteiger partial charge in [-0.1, -0.05) is 78.9 Å². The Bertz CT molecular complexity index is 1280. The zero-order chi connectivity index (χ0) is 19.6. The van der Waals surface area contributed by atoms with Gasteiger partial charge in [0.2, 0.25) is 11.8 Å². The van der Waals surface area contributed by atoms with Crippen LogP contribution in [0.2, 0.25) is 0 Å². The SMILES string of the molecule is Cc1ccccc1Nc1oc(-c2ccccc2)nc1-c1cccc2ccccc12. The van der Waals surface area contributed by atoms with E-state index in [0.717, 1.165) is 33.5 Å². The molecule has 0 bridgehead atoms. The molecule has 140 valence electrons. The number of nitrogens with one attached hydrogen (secondary N) is 1. The quantitative estimate of drug-likeness (QED) is 0.360. The Morgan fingerprint density at radius 2 is 1.45 bits per heavy atom. The van der Waals surface area contributed by atoms with Crippen molar-refractivity contribution >= 4 is 22.3 Å². The molecule has 0 unspecified atom stereocenters. The van der Waals surface area contributed by atoms with Crippen LogP contribution < -0.4 is 5.32 Å². The van der Waals surface area contributed by atoms with Gasteiger partial charge in [-0.15, -0.1) is 0 Å². The van der Waals surface area contributed by atoms with E-state index in [0.29, 0.717) is 11.8 Å². The van der Waals surface area contributed by atoms with Crippen LogP contribution in [0.25, 0.3) is 33.5 Å². The van der Waals surface area contributed by atoms with Gasteiger partial charge in [-0.05, 0) is 41.5 Å². The number of hydrogen-bond acceptors (Lipinski definition) is 3. The fourth-order valence-corrected chi connectivity index (χ4v) is 3.56. The summed E-state index contributed by atoms with van der Waals surface area (Å²) in [7, 11) is 0. The average Bonchev–Trinajstić information content (AvgIpc) is 3.19. The average molecular weight is 376 g/mol. The molecule has 0 atom stereocenters. The van der Waals surface area contributed by atoms with Gasteiger partial charge < -0.3 is 9.73 Å². The molecule has 3 heteroatoms. The van der Waals surface area contributed by atoms with Crippen molar-refractivity contribution in [3.05, 3.63) is 103 Å². The van der Waals surface area contributed by atoms with Gasteiger partial charge in [0.05, 0.1) is 0 Å². The second-order valence-corrected chi connectivity index (χ2v) is 7.03. The van der Waals surface area contributed by atoms with E-state index >= 15 is 0 Å². The van der Waals surface area contributed by atoms with Gasteiger partial charge in [0.15, 0.2) is 0 Å². The summed E-state index contributed by atoms with van der Waals surface area (Å²) in [5.74, 6) is 1.25. The van der Waals surface area contributed by atoms with E-state index in [1.807, 2.05) is 48.5 Å². The normalized spacial score (nSPS) is 10.9. The maximum absolute atomic E-state index is 6.24. The Labute approximate surface area is 169 Å². The van der Waals surface area contributed by atoms with Gasteiger partial charge in [0.25, 0.3) is 0 Å². The molecule has 0 aliphatic rings. The summed E-state index contributed by atoms with van der Waals surface area (Å²) in [6, 6.07) is 32.8. The molecule has 29 heavy (non-hydrogen) atoms. The van der Waals surface area contributed by atoms with Crippen LogP contribution in [0, 0.1) is 6.92 Å². The number of para-hydroxylation sites is 1. The minimum absolute atomic E-state index is 0.601. The number of hydrogen-bond donors (Lipinski definition) is 1. The molecule has 0 fully saturated rings. The molecule has 1 N–H and O–H groups in total. The number of anilines is 2. The van der Waals surface area contributed by atoms with E-state index < -0.39 is 0 Å². The highest BCUT2D eigenvalue weighted by Crippen LogP contribution is 2.38. The summed E-state index contributed by atoms with van der Waals surface area (Å²) in [5.41, 5.74) is 4.96. The summed E-state index contributed by atoms with van der Waals surface area (Å²) in [4.78, 5) is 4.90. The largest absolute Gasteiger partial charge is 0.420 e. The number of nitrogens with zero attached hydrogens (tertiary/aromatic N) is 1. The molecule has 5 aromatic rings. The fourth-order valence-electron chi connectivity index (χ4n) is 3.56. The van der Waals surface area contributed by atoms with Gasteiger partial charge in [0.1, 0.15) is 5.69 Å². The standard InChI is InChI=1S/C26H20N2O/c1-18-10-5-8-17-23(18)27-26-24(28-25(29-26)20-12-3-2-4-13-20)22-16-9-14-19-11-6-7-15-21(19)22/h2-17,27H,1H3. The molecule has 0 radical (unpaired) electrons. The molecular weight excluding hydrogens is 356 g/mol. The molecule has 3 nitrogen and oxygen atoms in total. The molecule has 5 rings (SSSR count). The number of oxazole rings is 1. The lowest BCUT2D eigenvalue weighted by molar-refractivity contribution is 0.592. The van der Waals surface area contributed by atoms with E-state index in [4.69, 9.17) is 9.40 Å². The highest BCUT2D eigenvalue weighted by molar-refractivity contribution is 5.98. The first-order chi connectivity index (χ1) is 14.3. The summed E-state index contributed by atoms with van der Waals surface area (Å²) >= 11 is 0. The number of rotatable bonds is 4. The van der Waals surface area contributed by atoms with Gasteiger partial charge in [-0.3, -0.25) is 0 Å². The van der Waals surface area contributed by atoms with Crippen LogP contribution in [-0.2, 0) is 0 Å². The molecule has 0 amide bonds. The van der Waals surface area contributed by atoms with Gasteiger partial charge >= 0.3 is 0 Å². The first-order valence-electron chi connectivity index (χ1n) is 9.66. The molecule has 0 saturated carbocycles. The number of benzene rings is 4. The topological polar surface area (TPSA) is 38.1 Å². The predicted octanol–water partition coefficient (Wildman–Crippen LogP) is 7.21. The second kappa shape index (κ2) is 7.28. The molecule has 0 saturated heterocycles. The van der Waals surface area contributed by atoms with Crippen LogP contribution in [0.3, 0.4) is 0 Å². The van der Waals surface area contributed by atoms with Crippen LogP contribution in [0.15, 0.2) is 101 Å². The minimum atomic E-state index is 0.601. The van der Waals surface area contributed by atoms with Crippen LogP contribution in [0.4, 0.5) is 11.6 Å².